The summed E-state index contributed by atoms with van der Waals surface area (Å²) in [5, 5.41) is 21.9. The molecule has 0 saturated heterocycles. The van der Waals surface area contributed by atoms with Crippen LogP contribution in [0.25, 0.3) is 0 Å². The molecule has 0 bridgehead atoms. The number of phenols is 1. The van der Waals surface area contributed by atoms with E-state index in [2.05, 4.69) is 6.92 Å². The number of esters is 2. The van der Waals surface area contributed by atoms with E-state index in [9.17, 15) is 19.8 Å². The number of aliphatic hydroxyl groups excluding tert-OH is 1. The van der Waals surface area contributed by atoms with Gasteiger partial charge >= 0.3 is 11.9 Å². The van der Waals surface area contributed by atoms with Crippen molar-refractivity contribution in [2.45, 2.75) is 84.7 Å². The smallest absolute Gasteiger partial charge is 0.334 e. The predicted molar refractivity (Wildman–Crippen MR) is 123 cm³/mol. The summed E-state index contributed by atoms with van der Waals surface area (Å²) in [5.74, 6) is -0.707. The number of fused-ring (bicyclic) bond motifs is 4. The molecule has 1 aromatic carbocycles. The van der Waals surface area contributed by atoms with E-state index >= 15 is 0 Å². The Morgan fingerprint density at radius 3 is 2.56 bits per heavy atom. The summed E-state index contributed by atoms with van der Waals surface area (Å²) in [4.78, 5) is 23.6. The van der Waals surface area contributed by atoms with Crippen molar-refractivity contribution in [2.24, 2.45) is 5.92 Å². The molecular formula is C26H38O6. The Morgan fingerprint density at radius 2 is 1.94 bits per heavy atom. The highest BCUT2D eigenvalue weighted by molar-refractivity contribution is 5.92. The van der Waals surface area contributed by atoms with Crippen molar-refractivity contribution >= 4 is 11.9 Å². The van der Waals surface area contributed by atoms with Gasteiger partial charge < -0.3 is 19.7 Å². The second-order valence-electron chi connectivity index (χ2n) is 8.45. The lowest BCUT2D eigenvalue weighted by Gasteiger charge is -2.48. The molecule has 1 aliphatic heterocycles. The van der Waals surface area contributed by atoms with Gasteiger partial charge in [0.1, 0.15) is 12.4 Å². The molecule has 4 atom stereocenters. The number of methoxy groups -OCH3 is 1. The zero-order chi connectivity index (χ0) is 24.2. The van der Waals surface area contributed by atoms with E-state index in [0.717, 1.165) is 23.1 Å². The van der Waals surface area contributed by atoms with E-state index in [1.165, 1.54) is 7.11 Å². The molecule has 178 valence electrons. The fraction of sp³-hybridized carbons (Fsp3) is 0.615. The van der Waals surface area contributed by atoms with Crippen LogP contribution in [0, 0.1) is 5.92 Å². The highest BCUT2D eigenvalue weighted by atomic mass is 16.5. The molecular weight excluding hydrogens is 408 g/mol. The van der Waals surface area contributed by atoms with Gasteiger partial charge in [0.15, 0.2) is 0 Å². The third-order valence-corrected chi connectivity index (χ3v) is 6.96. The van der Waals surface area contributed by atoms with Crippen molar-refractivity contribution in [3.63, 3.8) is 0 Å². The maximum atomic E-state index is 12.0. The normalized spacial score (nSPS) is 26.2. The van der Waals surface area contributed by atoms with Crippen LogP contribution in [-0.4, -0.2) is 35.9 Å². The van der Waals surface area contributed by atoms with Crippen LogP contribution in [0.2, 0.25) is 0 Å². The predicted octanol–water partition coefficient (Wildman–Crippen LogP) is 5.07. The van der Waals surface area contributed by atoms with E-state index in [-0.39, 0.29) is 41.4 Å². The van der Waals surface area contributed by atoms with Crippen molar-refractivity contribution < 1.29 is 29.3 Å². The summed E-state index contributed by atoms with van der Waals surface area (Å²) in [6.45, 7) is 12.3. The number of aliphatic hydroxyl groups is 1. The maximum Gasteiger partial charge on any atom is 0.334 e. The molecule has 6 nitrogen and oxygen atoms in total. The van der Waals surface area contributed by atoms with E-state index in [1.54, 1.807) is 0 Å². The maximum absolute atomic E-state index is 12.0. The van der Waals surface area contributed by atoms with E-state index < -0.39 is 6.10 Å². The van der Waals surface area contributed by atoms with Crippen molar-refractivity contribution in [2.75, 3.05) is 13.7 Å². The number of hydrogen-bond acceptors (Lipinski definition) is 6. The SMILES string of the molecule is CC.CC.COC(=O)CC(C)c1ccc2c(c1O)C(O)CC1C3=C(CCC21C)C(=O)OC3. The van der Waals surface area contributed by atoms with Gasteiger partial charge in [-0.3, -0.25) is 4.79 Å². The van der Waals surface area contributed by atoms with Crippen LogP contribution in [0.15, 0.2) is 23.3 Å². The van der Waals surface area contributed by atoms with Crippen molar-refractivity contribution in [1.82, 2.24) is 0 Å². The third kappa shape index (κ3) is 4.29. The summed E-state index contributed by atoms with van der Waals surface area (Å²) in [7, 11) is 1.34. The molecule has 0 spiro atoms. The lowest BCUT2D eigenvalue weighted by molar-refractivity contribution is -0.141. The average molecular weight is 447 g/mol. The fourth-order valence-corrected chi connectivity index (χ4v) is 5.33. The number of hydrogen-bond donors (Lipinski definition) is 2. The van der Waals surface area contributed by atoms with Gasteiger partial charge in [-0.1, -0.05) is 53.7 Å². The van der Waals surface area contributed by atoms with Crippen LogP contribution in [0.3, 0.4) is 0 Å². The molecule has 32 heavy (non-hydrogen) atoms. The Morgan fingerprint density at radius 1 is 1.28 bits per heavy atom. The van der Waals surface area contributed by atoms with Crippen molar-refractivity contribution in [3.8, 4) is 5.75 Å². The van der Waals surface area contributed by atoms with Crippen molar-refractivity contribution in [1.29, 1.82) is 0 Å². The number of phenolic OH excluding ortho intramolecular Hbond substituents is 1. The number of benzene rings is 1. The number of cyclic esters (lactones) is 1. The first-order chi connectivity index (χ1) is 15.3. The van der Waals surface area contributed by atoms with Crippen LogP contribution in [0.4, 0.5) is 0 Å². The van der Waals surface area contributed by atoms with Gasteiger partial charge in [0.25, 0.3) is 0 Å². The number of carbonyl (C=O) groups is 2. The minimum atomic E-state index is -0.832. The van der Waals surface area contributed by atoms with Gasteiger partial charge in [0.05, 0.1) is 19.6 Å². The van der Waals surface area contributed by atoms with Crippen LogP contribution in [0.1, 0.15) is 95.9 Å². The Balaban J connectivity index is 0.000000860. The zero-order valence-electron chi connectivity index (χ0n) is 20.4. The summed E-state index contributed by atoms with van der Waals surface area (Å²) in [5.41, 5.74) is 3.62. The fourth-order valence-electron chi connectivity index (χ4n) is 5.33. The molecule has 0 amide bonds. The monoisotopic (exact) mass is 446 g/mol. The number of carbonyl (C=O) groups excluding carboxylic acids is 2. The first-order valence-corrected chi connectivity index (χ1v) is 11.8. The molecule has 0 saturated carbocycles. The highest BCUT2D eigenvalue weighted by Gasteiger charge is 2.51. The molecule has 0 aromatic heterocycles. The molecule has 6 heteroatoms. The van der Waals surface area contributed by atoms with E-state index in [4.69, 9.17) is 9.47 Å². The van der Waals surface area contributed by atoms with Gasteiger partial charge in [-0.05, 0) is 47.8 Å². The van der Waals surface area contributed by atoms with Gasteiger partial charge in [0, 0.05) is 16.6 Å². The van der Waals surface area contributed by atoms with E-state index in [1.807, 2.05) is 46.8 Å². The first-order valence-electron chi connectivity index (χ1n) is 11.8. The van der Waals surface area contributed by atoms with Gasteiger partial charge in [-0.2, -0.15) is 0 Å². The standard InChI is InChI=1S/C22H26O6.2C2H6/c1-11(8-18(24)27-3)12-4-5-15-19(20(12)25)17(23)9-16-14-10-28-21(26)13(14)6-7-22(15,16)2;2*1-2/h4-5,11,16-17,23,25H,6-10H2,1-3H3;2*1-2H3. The highest BCUT2D eigenvalue weighted by Crippen LogP contribution is 2.57. The Hall–Kier alpha value is -2.34. The molecule has 4 rings (SSSR count). The molecule has 0 radical (unpaired) electrons. The zero-order valence-corrected chi connectivity index (χ0v) is 20.4. The van der Waals surface area contributed by atoms with E-state index in [0.29, 0.717) is 30.6 Å². The second kappa shape index (κ2) is 10.5. The van der Waals surface area contributed by atoms with Crippen LogP contribution >= 0.6 is 0 Å². The minimum absolute atomic E-state index is 0.0166. The van der Waals surface area contributed by atoms with Crippen LogP contribution in [0.5, 0.6) is 5.75 Å². The van der Waals surface area contributed by atoms with Crippen LogP contribution < -0.4 is 0 Å². The molecule has 2 N–H and O–H groups in total. The van der Waals surface area contributed by atoms with Gasteiger partial charge in [-0.15, -0.1) is 0 Å². The van der Waals surface area contributed by atoms with Crippen molar-refractivity contribution in [3.05, 3.63) is 40.0 Å². The third-order valence-electron chi connectivity index (χ3n) is 6.96. The molecule has 1 heterocycles. The summed E-state index contributed by atoms with van der Waals surface area (Å²) >= 11 is 0. The van der Waals surface area contributed by atoms with Crippen LogP contribution in [-0.2, 0) is 24.5 Å². The average Bonchev–Trinajstić information content (AvgIpc) is 3.18. The quantitative estimate of drug-likeness (QED) is 0.630. The summed E-state index contributed by atoms with van der Waals surface area (Å²) in [6.07, 6.45) is 1.19. The molecule has 2 aliphatic carbocycles. The Bertz CT molecular complexity index is 887. The lowest BCUT2D eigenvalue weighted by atomic mass is 9.56. The largest absolute Gasteiger partial charge is 0.507 e. The molecule has 3 aliphatic rings. The second-order valence-corrected chi connectivity index (χ2v) is 8.45. The lowest BCUT2D eigenvalue weighted by Crippen LogP contribution is -2.42. The number of ether oxygens (including phenoxy) is 2. The topological polar surface area (TPSA) is 93.1 Å². The summed E-state index contributed by atoms with van der Waals surface area (Å²) in [6, 6.07) is 3.82. The van der Waals surface area contributed by atoms with Gasteiger partial charge in [-0.25, -0.2) is 4.79 Å². The molecule has 0 fully saturated rings. The Labute approximate surface area is 191 Å². The molecule has 4 unspecified atom stereocenters. The summed E-state index contributed by atoms with van der Waals surface area (Å²) < 4.78 is 9.99. The molecule has 1 aromatic rings. The number of aromatic hydroxyl groups is 1. The first kappa shape index (κ1) is 25.9. The number of rotatable bonds is 3. The Kier molecular flexibility index (Phi) is 8.52. The van der Waals surface area contributed by atoms with Gasteiger partial charge in [0.2, 0.25) is 0 Å². The minimum Gasteiger partial charge on any atom is -0.507 e.